The number of hydrogen-bond donors (Lipinski definition) is 0. The fraction of sp³-hybridized carbons (Fsp3) is 0.158. The molecule has 0 saturated carbocycles. The quantitative estimate of drug-likeness (QED) is 0.681. The highest BCUT2D eigenvalue weighted by Gasteiger charge is 2.17. The molecule has 3 aromatic rings. The summed E-state index contributed by atoms with van der Waals surface area (Å²) in [5, 5.41) is 0.676. The normalized spacial score (nSPS) is 11.9. The van der Waals surface area contributed by atoms with Crippen LogP contribution in [0.1, 0.15) is 5.69 Å². The highest BCUT2D eigenvalue weighted by molar-refractivity contribution is 7.89. The fourth-order valence-electron chi connectivity index (χ4n) is 2.73. The van der Waals surface area contributed by atoms with Gasteiger partial charge in [-0.25, -0.2) is 12.7 Å². The second-order valence-electron chi connectivity index (χ2n) is 5.99. The summed E-state index contributed by atoms with van der Waals surface area (Å²) in [5.41, 5.74) is 3.96. The SMILES string of the molecule is Cc1ccc(-c2cccc(Cl)c2)n1-c1ccc(S(=O)(=O)N(C)C)cc1. The van der Waals surface area contributed by atoms with E-state index in [1.165, 1.54) is 18.4 Å². The molecule has 0 unspecified atom stereocenters. The molecule has 0 radical (unpaired) electrons. The Morgan fingerprint density at radius 2 is 1.64 bits per heavy atom. The topological polar surface area (TPSA) is 42.3 Å². The predicted molar refractivity (Wildman–Crippen MR) is 102 cm³/mol. The minimum atomic E-state index is -3.43. The molecule has 0 fully saturated rings. The first-order chi connectivity index (χ1) is 11.8. The second-order valence-corrected chi connectivity index (χ2v) is 8.58. The smallest absolute Gasteiger partial charge is 0.242 e. The summed E-state index contributed by atoms with van der Waals surface area (Å²) in [7, 11) is -0.385. The van der Waals surface area contributed by atoms with Crippen molar-refractivity contribution in [3.05, 3.63) is 71.4 Å². The Hall–Kier alpha value is -2.08. The van der Waals surface area contributed by atoms with Crippen molar-refractivity contribution in [1.82, 2.24) is 8.87 Å². The van der Waals surface area contributed by atoms with Crippen LogP contribution in [0.15, 0.2) is 65.6 Å². The van der Waals surface area contributed by atoms with Gasteiger partial charge in [0.1, 0.15) is 0 Å². The molecule has 0 spiro atoms. The van der Waals surface area contributed by atoms with Crippen molar-refractivity contribution >= 4 is 21.6 Å². The first-order valence-electron chi connectivity index (χ1n) is 7.78. The van der Waals surface area contributed by atoms with Gasteiger partial charge in [0.05, 0.1) is 10.6 Å². The van der Waals surface area contributed by atoms with Crippen LogP contribution in [0.5, 0.6) is 0 Å². The van der Waals surface area contributed by atoms with Crippen molar-refractivity contribution in [2.45, 2.75) is 11.8 Å². The van der Waals surface area contributed by atoms with Gasteiger partial charge in [0.25, 0.3) is 0 Å². The number of aryl methyl sites for hydroxylation is 1. The second kappa shape index (κ2) is 6.67. The summed E-state index contributed by atoms with van der Waals surface area (Å²) in [6.45, 7) is 2.01. The highest BCUT2D eigenvalue weighted by Crippen LogP contribution is 2.28. The third-order valence-corrected chi connectivity index (χ3v) is 6.13. The number of sulfonamides is 1. The van der Waals surface area contributed by atoms with Gasteiger partial charge in [-0.3, -0.25) is 0 Å². The molecule has 4 nitrogen and oxygen atoms in total. The summed E-state index contributed by atoms with van der Waals surface area (Å²) in [6.07, 6.45) is 0. The Morgan fingerprint density at radius 1 is 0.960 bits per heavy atom. The Kier molecular flexibility index (Phi) is 4.73. The zero-order valence-electron chi connectivity index (χ0n) is 14.3. The average molecular weight is 375 g/mol. The molecule has 0 aliphatic carbocycles. The van der Waals surface area contributed by atoms with Crippen LogP contribution in [0, 0.1) is 6.92 Å². The Labute approximate surface area is 153 Å². The molecule has 0 atom stereocenters. The first kappa shape index (κ1) is 17.7. The molecule has 25 heavy (non-hydrogen) atoms. The summed E-state index contributed by atoms with van der Waals surface area (Å²) in [5.74, 6) is 0. The van der Waals surface area contributed by atoms with Crippen LogP contribution in [0.3, 0.4) is 0 Å². The molecule has 3 rings (SSSR count). The molecule has 0 saturated heterocycles. The molecule has 6 heteroatoms. The van der Waals surface area contributed by atoms with E-state index in [-0.39, 0.29) is 4.90 Å². The molecular weight excluding hydrogens is 356 g/mol. The molecule has 1 aromatic heterocycles. The van der Waals surface area contributed by atoms with Crippen molar-refractivity contribution < 1.29 is 8.42 Å². The molecule has 130 valence electrons. The first-order valence-corrected chi connectivity index (χ1v) is 9.60. The zero-order chi connectivity index (χ0) is 18.2. The summed E-state index contributed by atoms with van der Waals surface area (Å²) < 4.78 is 27.7. The summed E-state index contributed by atoms with van der Waals surface area (Å²) in [6, 6.07) is 18.6. The van der Waals surface area contributed by atoms with Crippen LogP contribution in [0.25, 0.3) is 16.9 Å². The number of halogens is 1. The van der Waals surface area contributed by atoms with E-state index in [0.29, 0.717) is 5.02 Å². The minimum absolute atomic E-state index is 0.273. The summed E-state index contributed by atoms with van der Waals surface area (Å²) >= 11 is 6.12. The molecule has 0 bridgehead atoms. The lowest BCUT2D eigenvalue weighted by atomic mass is 10.1. The largest absolute Gasteiger partial charge is 0.314 e. The number of aromatic nitrogens is 1. The van der Waals surface area contributed by atoms with Crippen molar-refractivity contribution in [2.24, 2.45) is 0 Å². The van der Waals surface area contributed by atoms with Crippen LogP contribution >= 0.6 is 11.6 Å². The Balaban J connectivity index is 2.08. The van der Waals surface area contributed by atoms with Gasteiger partial charge < -0.3 is 4.57 Å². The van der Waals surface area contributed by atoms with Crippen molar-refractivity contribution in [1.29, 1.82) is 0 Å². The van der Waals surface area contributed by atoms with E-state index in [9.17, 15) is 8.42 Å². The average Bonchev–Trinajstić information content (AvgIpc) is 2.96. The maximum absolute atomic E-state index is 12.2. The van der Waals surface area contributed by atoms with E-state index in [1.54, 1.807) is 12.1 Å². The van der Waals surface area contributed by atoms with Gasteiger partial charge in [-0.1, -0.05) is 23.7 Å². The fourth-order valence-corrected chi connectivity index (χ4v) is 3.82. The molecule has 2 aromatic carbocycles. The lowest BCUT2D eigenvalue weighted by Gasteiger charge is -2.15. The number of nitrogens with zero attached hydrogens (tertiary/aromatic N) is 2. The summed E-state index contributed by atoms with van der Waals surface area (Å²) in [4.78, 5) is 0.273. The third kappa shape index (κ3) is 3.35. The number of rotatable bonds is 4. The zero-order valence-corrected chi connectivity index (χ0v) is 15.8. The lowest BCUT2D eigenvalue weighted by Crippen LogP contribution is -2.22. The molecule has 0 aliphatic rings. The lowest BCUT2D eigenvalue weighted by molar-refractivity contribution is 0.521. The van der Waals surface area contributed by atoms with Gasteiger partial charge in [-0.15, -0.1) is 0 Å². The van der Waals surface area contributed by atoms with Crippen LogP contribution in [0.2, 0.25) is 5.02 Å². The molecule has 0 amide bonds. The third-order valence-electron chi connectivity index (χ3n) is 4.07. The van der Waals surface area contributed by atoms with Gasteiger partial charge in [-0.2, -0.15) is 0 Å². The van der Waals surface area contributed by atoms with Gasteiger partial charge in [-0.05, 0) is 61.0 Å². The van der Waals surface area contributed by atoms with E-state index in [2.05, 4.69) is 4.57 Å². The maximum atomic E-state index is 12.2. The van der Waals surface area contributed by atoms with Crippen molar-refractivity contribution in [3.63, 3.8) is 0 Å². The van der Waals surface area contributed by atoms with E-state index < -0.39 is 10.0 Å². The standard InChI is InChI=1S/C19H19ClN2O2S/c1-14-7-12-19(15-5-4-6-16(20)13-15)22(14)17-8-10-18(11-9-17)25(23,24)21(2)3/h4-13H,1-3H3. The molecule has 0 N–H and O–H groups in total. The molecule has 0 aliphatic heterocycles. The van der Waals surface area contributed by atoms with Crippen molar-refractivity contribution in [2.75, 3.05) is 14.1 Å². The van der Waals surface area contributed by atoms with E-state index in [0.717, 1.165) is 22.6 Å². The van der Waals surface area contributed by atoms with Crippen molar-refractivity contribution in [3.8, 4) is 16.9 Å². The number of benzene rings is 2. The van der Waals surface area contributed by atoms with Crippen LogP contribution in [-0.2, 0) is 10.0 Å². The molecule has 1 heterocycles. The Bertz CT molecular complexity index is 1010. The number of hydrogen-bond acceptors (Lipinski definition) is 2. The molecular formula is C19H19ClN2O2S. The predicted octanol–water partition coefficient (Wildman–Crippen LogP) is 4.36. The van der Waals surface area contributed by atoms with Crippen LogP contribution < -0.4 is 0 Å². The monoisotopic (exact) mass is 374 g/mol. The van der Waals surface area contributed by atoms with Crippen LogP contribution in [0.4, 0.5) is 0 Å². The van der Waals surface area contributed by atoms with Gasteiger partial charge in [0.2, 0.25) is 10.0 Å². The van der Waals surface area contributed by atoms with Crippen LogP contribution in [-0.4, -0.2) is 31.4 Å². The maximum Gasteiger partial charge on any atom is 0.242 e. The van der Waals surface area contributed by atoms with Gasteiger partial charge >= 0.3 is 0 Å². The van der Waals surface area contributed by atoms with E-state index in [4.69, 9.17) is 11.6 Å². The van der Waals surface area contributed by atoms with Gasteiger partial charge in [0, 0.05) is 30.5 Å². The van der Waals surface area contributed by atoms with E-state index in [1.807, 2.05) is 55.5 Å². The highest BCUT2D eigenvalue weighted by atomic mass is 35.5. The van der Waals surface area contributed by atoms with E-state index >= 15 is 0 Å². The minimum Gasteiger partial charge on any atom is -0.314 e. The van der Waals surface area contributed by atoms with Gasteiger partial charge in [0.15, 0.2) is 0 Å². The Morgan fingerprint density at radius 3 is 2.24 bits per heavy atom.